The molecule has 22 heavy (non-hydrogen) atoms. The Morgan fingerprint density at radius 2 is 1.91 bits per heavy atom. The molecule has 1 aromatic carbocycles. The number of ether oxygens (including phenoxy) is 1. The third-order valence-electron chi connectivity index (χ3n) is 5.37. The van der Waals surface area contributed by atoms with Crippen molar-refractivity contribution in [3.8, 4) is 5.75 Å². The lowest BCUT2D eigenvalue weighted by atomic mass is 9.80. The summed E-state index contributed by atoms with van der Waals surface area (Å²) in [4.78, 5) is 0. The largest absolute Gasteiger partial charge is 0.507 e. The number of rotatable bonds is 3. The molecule has 0 amide bonds. The third kappa shape index (κ3) is 2.58. The fourth-order valence-electron chi connectivity index (χ4n) is 4.30. The Kier molecular flexibility index (Phi) is 3.84. The first-order chi connectivity index (χ1) is 10.3. The van der Waals surface area contributed by atoms with Gasteiger partial charge in [-0.3, -0.25) is 0 Å². The van der Waals surface area contributed by atoms with E-state index in [1.807, 2.05) is 0 Å². The molecule has 1 aromatic rings. The Balaban J connectivity index is 2.02. The van der Waals surface area contributed by atoms with Crippen LogP contribution in [0.4, 0.5) is 0 Å². The predicted octanol–water partition coefficient (Wildman–Crippen LogP) is 4.90. The van der Waals surface area contributed by atoms with Crippen molar-refractivity contribution in [3.05, 3.63) is 41.0 Å². The lowest BCUT2D eigenvalue weighted by Crippen LogP contribution is -2.21. The van der Waals surface area contributed by atoms with Gasteiger partial charge in [0.1, 0.15) is 5.75 Å². The Morgan fingerprint density at radius 3 is 2.41 bits per heavy atom. The highest BCUT2D eigenvalue weighted by molar-refractivity contribution is 5.48. The molecule has 2 aliphatic carbocycles. The topological polar surface area (TPSA) is 29.5 Å². The number of allylic oxidation sites excluding steroid dienone is 2. The van der Waals surface area contributed by atoms with Crippen LogP contribution in [-0.4, -0.2) is 12.2 Å². The molecule has 3 rings (SSSR count). The van der Waals surface area contributed by atoms with Crippen molar-refractivity contribution in [1.82, 2.24) is 0 Å². The highest BCUT2D eigenvalue weighted by Gasteiger charge is 2.42. The molecule has 0 radical (unpaired) electrons. The normalized spacial score (nSPS) is 28.3. The van der Waals surface area contributed by atoms with E-state index in [4.69, 9.17) is 4.74 Å². The first-order valence-electron chi connectivity index (χ1n) is 8.36. The summed E-state index contributed by atoms with van der Waals surface area (Å²) in [6.45, 7) is 8.54. The fourth-order valence-corrected chi connectivity index (χ4v) is 4.30. The van der Waals surface area contributed by atoms with Gasteiger partial charge in [0.05, 0.1) is 6.10 Å². The summed E-state index contributed by atoms with van der Waals surface area (Å²) in [7, 11) is 1.78. The summed E-state index contributed by atoms with van der Waals surface area (Å²) in [5.74, 6) is 2.23. The molecule has 0 aliphatic heterocycles. The lowest BCUT2D eigenvalue weighted by Gasteiger charge is -2.31. The smallest absolute Gasteiger partial charge is 0.125 e. The summed E-state index contributed by atoms with van der Waals surface area (Å²) >= 11 is 0. The van der Waals surface area contributed by atoms with Crippen LogP contribution in [0.2, 0.25) is 0 Å². The molecule has 2 aliphatic rings. The molecular formula is C20H28O2. The van der Waals surface area contributed by atoms with Crippen LogP contribution in [0, 0.1) is 24.7 Å². The first kappa shape index (κ1) is 15.6. The van der Waals surface area contributed by atoms with Crippen LogP contribution in [0.25, 0.3) is 0 Å². The van der Waals surface area contributed by atoms with Crippen molar-refractivity contribution < 1.29 is 9.84 Å². The minimum Gasteiger partial charge on any atom is -0.507 e. The minimum atomic E-state index is -0.0717. The van der Waals surface area contributed by atoms with Gasteiger partial charge in [-0.1, -0.05) is 44.6 Å². The van der Waals surface area contributed by atoms with Crippen molar-refractivity contribution >= 4 is 0 Å². The van der Waals surface area contributed by atoms with E-state index in [0.717, 1.165) is 11.1 Å². The molecule has 0 aromatic heterocycles. The van der Waals surface area contributed by atoms with E-state index in [-0.39, 0.29) is 11.5 Å². The summed E-state index contributed by atoms with van der Waals surface area (Å²) in [6.07, 6.45) is 7.12. The zero-order valence-electron chi connectivity index (χ0n) is 14.4. The summed E-state index contributed by atoms with van der Waals surface area (Å²) in [5, 5.41) is 10.9. The number of aryl methyl sites for hydroxylation is 1. The van der Waals surface area contributed by atoms with E-state index < -0.39 is 0 Å². The number of benzene rings is 1. The molecule has 1 N–H and O–H groups in total. The van der Waals surface area contributed by atoms with Gasteiger partial charge in [0.15, 0.2) is 0 Å². The van der Waals surface area contributed by atoms with Gasteiger partial charge in [-0.05, 0) is 54.6 Å². The van der Waals surface area contributed by atoms with Crippen molar-refractivity contribution in [3.63, 3.8) is 0 Å². The highest BCUT2D eigenvalue weighted by Crippen LogP contribution is 2.51. The molecule has 1 fully saturated rings. The average molecular weight is 300 g/mol. The van der Waals surface area contributed by atoms with Crippen LogP contribution >= 0.6 is 0 Å². The van der Waals surface area contributed by atoms with Crippen molar-refractivity contribution in [2.75, 3.05) is 7.11 Å². The summed E-state index contributed by atoms with van der Waals surface area (Å²) in [5.41, 5.74) is 3.11. The fraction of sp³-hybridized carbons (Fsp3) is 0.600. The van der Waals surface area contributed by atoms with Crippen molar-refractivity contribution in [2.24, 2.45) is 17.8 Å². The molecule has 0 heterocycles. The van der Waals surface area contributed by atoms with Crippen LogP contribution in [0.1, 0.15) is 56.4 Å². The van der Waals surface area contributed by atoms with Gasteiger partial charge in [0, 0.05) is 12.7 Å². The van der Waals surface area contributed by atoms with Crippen molar-refractivity contribution in [2.45, 2.75) is 52.1 Å². The SMILES string of the molecule is COC(c1cc(C)cc(C(C)(C)C)c1O)C1CC2C=CC1C2. The van der Waals surface area contributed by atoms with Crippen molar-refractivity contribution in [1.29, 1.82) is 0 Å². The third-order valence-corrected chi connectivity index (χ3v) is 5.37. The minimum absolute atomic E-state index is 0.0130. The quantitative estimate of drug-likeness (QED) is 0.805. The van der Waals surface area contributed by atoms with Gasteiger partial charge in [0.25, 0.3) is 0 Å². The zero-order chi connectivity index (χ0) is 16.1. The average Bonchev–Trinajstić information content (AvgIpc) is 3.04. The van der Waals surface area contributed by atoms with E-state index in [1.165, 1.54) is 18.4 Å². The second-order valence-corrected chi connectivity index (χ2v) is 8.10. The Morgan fingerprint density at radius 1 is 1.18 bits per heavy atom. The molecule has 0 spiro atoms. The number of hydrogen-bond donors (Lipinski definition) is 1. The maximum Gasteiger partial charge on any atom is 0.125 e. The Bertz CT molecular complexity index is 594. The van der Waals surface area contributed by atoms with Gasteiger partial charge in [0.2, 0.25) is 0 Å². The van der Waals surface area contributed by atoms with Crippen LogP contribution in [-0.2, 0) is 10.2 Å². The lowest BCUT2D eigenvalue weighted by molar-refractivity contribution is 0.0387. The number of hydrogen-bond acceptors (Lipinski definition) is 2. The van der Waals surface area contributed by atoms with E-state index in [0.29, 0.717) is 23.5 Å². The molecule has 2 nitrogen and oxygen atoms in total. The number of methoxy groups -OCH3 is 1. The number of fused-ring (bicyclic) bond motifs is 2. The molecule has 2 bridgehead atoms. The summed E-state index contributed by atoms with van der Waals surface area (Å²) in [6, 6.07) is 4.21. The van der Waals surface area contributed by atoms with Gasteiger partial charge < -0.3 is 9.84 Å². The molecule has 0 saturated heterocycles. The Hall–Kier alpha value is -1.28. The number of aromatic hydroxyl groups is 1. The summed E-state index contributed by atoms with van der Waals surface area (Å²) < 4.78 is 5.88. The van der Waals surface area contributed by atoms with Gasteiger partial charge in [-0.2, -0.15) is 0 Å². The van der Waals surface area contributed by atoms with Gasteiger partial charge in [-0.15, -0.1) is 0 Å². The van der Waals surface area contributed by atoms with E-state index in [2.05, 4.69) is 52.0 Å². The monoisotopic (exact) mass is 300 g/mol. The number of phenolic OH excluding ortho intramolecular Hbond substituents is 1. The van der Waals surface area contributed by atoms with Crippen LogP contribution in [0.3, 0.4) is 0 Å². The molecule has 4 unspecified atom stereocenters. The Labute approximate surface area is 134 Å². The maximum absolute atomic E-state index is 10.9. The predicted molar refractivity (Wildman–Crippen MR) is 90.1 cm³/mol. The zero-order valence-corrected chi connectivity index (χ0v) is 14.4. The van der Waals surface area contributed by atoms with E-state index >= 15 is 0 Å². The van der Waals surface area contributed by atoms with Crippen LogP contribution < -0.4 is 0 Å². The molecular weight excluding hydrogens is 272 g/mol. The van der Waals surface area contributed by atoms with E-state index in [9.17, 15) is 5.11 Å². The van der Waals surface area contributed by atoms with Crippen LogP contribution in [0.5, 0.6) is 5.75 Å². The van der Waals surface area contributed by atoms with E-state index in [1.54, 1.807) is 7.11 Å². The maximum atomic E-state index is 10.9. The van der Waals surface area contributed by atoms with Gasteiger partial charge >= 0.3 is 0 Å². The first-order valence-corrected chi connectivity index (χ1v) is 8.36. The highest BCUT2D eigenvalue weighted by atomic mass is 16.5. The molecule has 4 atom stereocenters. The molecule has 1 saturated carbocycles. The standard InChI is InChI=1S/C20H28O2/c1-12-8-16(18(21)17(9-12)20(2,3)4)19(22-5)15-11-13-6-7-14(15)10-13/h6-9,13-15,19,21H,10-11H2,1-5H3. The second kappa shape index (κ2) is 5.42. The van der Waals surface area contributed by atoms with Crippen LogP contribution in [0.15, 0.2) is 24.3 Å². The molecule has 2 heteroatoms. The van der Waals surface area contributed by atoms with Gasteiger partial charge in [-0.25, -0.2) is 0 Å². The number of phenols is 1. The second-order valence-electron chi connectivity index (χ2n) is 8.10. The molecule has 120 valence electrons.